The lowest BCUT2D eigenvalue weighted by Gasteiger charge is -2.39. The van der Waals surface area contributed by atoms with E-state index < -0.39 is 0 Å². The van der Waals surface area contributed by atoms with Gasteiger partial charge in [-0.05, 0) is 50.4 Å². The number of hydrogen-bond donors (Lipinski definition) is 0. The number of nitrogens with zero attached hydrogens (tertiary/aromatic N) is 4. The van der Waals surface area contributed by atoms with E-state index in [1.54, 1.807) is 12.1 Å². The molecule has 2 aromatic heterocycles. The third kappa shape index (κ3) is 2.94. The Hall–Kier alpha value is -2.27. The maximum atomic E-state index is 13.2. The van der Waals surface area contributed by atoms with Crippen molar-refractivity contribution in [1.82, 2.24) is 19.4 Å². The van der Waals surface area contributed by atoms with Crippen LogP contribution in [0.3, 0.4) is 0 Å². The lowest BCUT2D eigenvalue weighted by Crippen LogP contribution is -2.39. The van der Waals surface area contributed by atoms with Gasteiger partial charge in [-0.2, -0.15) is 0 Å². The van der Waals surface area contributed by atoms with Crippen molar-refractivity contribution in [2.24, 2.45) is 0 Å². The predicted octanol–water partition coefficient (Wildman–Crippen LogP) is 4.20. The van der Waals surface area contributed by atoms with Gasteiger partial charge < -0.3 is 4.57 Å². The van der Waals surface area contributed by atoms with Crippen molar-refractivity contribution in [3.63, 3.8) is 0 Å². The van der Waals surface area contributed by atoms with Crippen molar-refractivity contribution < 1.29 is 4.39 Å². The molecule has 1 fully saturated rings. The highest BCUT2D eigenvalue weighted by molar-refractivity contribution is 5.79. The van der Waals surface area contributed by atoms with E-state index in [1.807, 2.05) is 25.3 Å². The summed E-state index contributed by atoms with van der Waals surface area (Å²) < 4.78 is 15.6. The lowest BCUT2D eigenvalue weighted by molar-refractivity contribution is 0.138. The van der Waals surface area contributed by atoms with Crippen LogP contribution < -0.4 is 0 Å². The molecule has 2 aliphatic rings. The lowest BCUT2D eigenvalue weighted by atomic mass is 9.90. The van der Waals surface area contributed by atoms with E-state index >= 15 is 0 Å². The number of fused-ring (bicyclic) bond motifs is 5. The molecule has 0 aliphatic carbocycles. The van der Waals surface area contributed by atoms with E-state index in [0.717, 1.165) is 48.4 Å². The van der Waals surface area contributed by atoms with Gasteiger partial charge in [-0.25, -0.2) is 14.4 Å². The third-order valence-corrected chi connectivity index (χ3v) is 6.14. The van der Waals surface area contributed by atoms with Crippen LogP contribution in [0.2, 0.25) is 0 Å². The van der Waals surface area contributed by atoms with Crippen LogP contribution in [0.1, 0.15) is 47.8 Å². The molecular weight excluding hydrogens is 339 g/mol. The van der Waals surface area contributed by atoms with Gasteiger partial charge in [0, 0.05) is 36.8 Å². The minimum absolute atomic E-state index is 0.179. The molecule has 0 amide bonds. The van der Waals surface area contributed by atoms with E-state index in [9.17, 15) is 4.39 Å². The molecule has 2 aliphatic heterocycles. The van der Waals surface area contributed by atoms with E-state index in [4.69, 9.17) is 9.97 Å². The Morgan fingerprint density at radius 2 is 2.00 bits per heavy atom. The first-order valence-corrected chi connectivity index (χ1v) is 10.0. The van der Waals surface area contributed by atoms with Crippen LogP contribution >= 0.6 is 0 Å². The zero-order valence-electron chi connectivity index (χ0n) is 15.8. The van der Waals surface area contributed by atoms with Gasteiger partial charge in [-0.15, -0.1) is 0 Å². The first-order chi connectivity index (χ1) is 13.2. The molecule has 0 N–H and O–H groups in total. The molecule has 1 unspecified atom stereocenters. The molecule has 27 heavy (non-hydrogen) atoms. The maximum Gasteiger partial charge on any atom is 0.159 e. The van der Waals surface area contributed by atoms with Gasteiger partial charge in [0.25, 0.3) is 0 Å². The third-order valence-electron chi connectivity index (χ3n) is 6.14. The van der Waals surface area contributed by atoms with E-state index in [2.05, 4.69) is 9.47 Å². The van der Waals surface area contributed by atoms with Gasteiger partial charge >= 0.3 is 0 Å². The van der Waals surface area contributed by atoms with Crippen LogP contribution in [0.15, 0.2) is 30.5 Å². The molecule has 4 nitrogen and oxygen atoms in total. The number of piperidine rings is 1. The minimum Gasteiger partial charge on any atom is -0.328 e. The Kier molecular flexibility index (Phi) is 4.20. The number of aromatic nitrogens is 3. The van der Waals surface area contributed by atoms with Crippen molar-refractivity contribution in [2.75, 3.05) is 13.1 Å². The summed E-state index contributed by atoms with van der Waals surface area (Å²) in [6, 6.07) is 7.34. The number of rotatable bonds is 3. The SMILES string of the molecule is Cc1cnc2c(n1)c1c(n2CCc2ccc(F)cc2)CCN2CCCCC12. The summed E-state index contributed by atoms with van der Waals surface area (Å²) in [6.45, 7) is 5.22. The van der Waals surface area contributed by atoms with Crippen molar-refractivity contribution in [3.05, 3.63) is 58.8 Å². The van der Waals surface area contributed by atoms with Crippen LogP contribution in [0.4, 0.5) is 4.39 Å². The molecule has 4 heterocycles. The van der Waals surface area contributed by atoms with E-state index in [-0.39, 0.29) is 5.82 Å². The summed E-state index contributed by atoms with van der Waals surface area (Å²) in [7, 11) is 0. The topological polar surface area (TPSA) is 34.0 Å². The molecule has 1 atom stereocenters. The summed E-state index contributed by atoms with van der Waals surface area (Å²) in [5.41, 5.74) is 7.09. The van der Waals surface area contributed by atoms with Gasteiger partial charge in [0.2, 0.25) is 0 Å². The predicted molar refractivity (Wildman–Crippen MR) is 104 cm³/mol. The molecule has 1 aromatic carbocycles. The highest BCUT2D eigenvalue weighted by atomic mass is 19.1. The first-order valence-electron chi connectivity index (χ1n) is 10.0. The summed E-state index contributed by atoms with van der Waals surface area (Å²) >= 11 is 0. The summed E-state index contributed by atoms with van der Waals surface area (Å²) in [4.78, 5) is 12.3. The molecule has 0 bridgehead atoms. The molecule has 3 aromatic rings. The molecule has 140 valence electrons. The summed E-state index contributed by atoms with van der Waals surface area (Å²) in [5, 5.41) is 0. The fourth-order valence-corrected chi connectivity index (χ4v) is 4.85. The summed E-state index contributed by atoms with van der Waals surface area (Å²) in [6.07, 6.45) is 7.63. The Balaban J connectivity index is 1.57. The molecule has 5 heteroatoms. The van der Waals surface area contributed by atoms with Crippen LogP contribution in [0, 0.1) is 12.7 Å². The molecule has 5 rings (SSSR count). The Bertz CT molecular complexity index is 976. The van der Waals surface area contributed by atoms with Crippen LogP contribution in [0.25, 0.3) is 11.2 Å². The molecular formula is C22H25FN4. The van der Waals surface area contributed by atoms with Gasteiger partial charge in [-0.3, -0.25) is 4.90 Å². The van der Waals surface area contributed by atoms with Gasteiger partial charge in [0.15, 0.2) is 5.65 Å². The highest BCUT2D eigenvalue weighted by Crippen LogP contribution is 2.41. The Morgan fingerprint density at radius 1 is 1.15 bits per heavy atom. The quantitative estimate of drug-likeness (QED) is 0.698. The largest absolute Gasteiger partial charge is 0.328 e. The number of halogens is 1. The van der Waals surface area contributed by atoms with Crippen LogP contribution in [-0.4, -0.2) is 32.5 Å². The molecule has 0 saturated carbocycles. The highest BCUT2D eigenvalue weighted by Gasteiger charge is 2.34. The van der Waals surface area contributed by atoms with Crippen molar-refractivity contribution in [3.8, 4) is 0 Å². The maximum absolute atomic E-state index is 13.2. The van der Waals surface area contributed by atoms with Gasteiger partial charge in [0.05, 0.1) is 11.9 Å². The number of hydrogen-bond acceptors (Lipinski definition) is 3. The fraction of sp³-hybridized carbons (Fsp3) is 0.455. The van der Waals surface area contributed by atoms with Crippen molar-refractivity contribution >= 4 is 11.2 Å². The van der Waals surface area contributed by atoms with E-state index in [1.165, 1.54) is 37.1 Å². The monoisotopic (exact) mass is 364 g/mol. The fourth-order valence-electron chi connectivity index (χ4n) is 4.85. The molecule has 1 saturated heterocycles. The Morgan fingerprint density at radius 3 is 2.85 bits per heavy atom. The van der Waals surface area contributed by atoms with Gasteiger partial charge in [-0.1, -0.05) is 18.6 Å². The second-order valence-corrected chi connectivity index (χ2v) is 7.87. The van der Waals surface area contributed by atoms with Crippen molar-refractivity contribution in [1.29, 1.82) is 0 Å². The normalized spacial score (nSPS) is 19.9. The number of aryl methyl sites for hydroxylation is 3. The first kappa shape index (κ1) is 16.9. The zero-order valence-corrected chi connectivity index (χ0v) is 15.8. The minimum atomic E-state index is -0.179. The smallest absolute Gasteiger partial charge is 0.159 e. The van der Waals surface area contributed by atoms with Crippen molar-refractivity contribution in [2.45, 2.75) is 51.6 Å². The zero-order chi connectivity index (χ0) is 18.4. The average Bonchev–Trinajstić information content (AvgIpc) is 3.01. The average molecular weight is 364 g/mol. The van der Waals surface area contributed by atoms with Crippen LogP contribution in [-0.2, 0) is 19.4 Å². The molecule has 0 spiro atoms. The second kappa shape index (κ2) is 6.71. The summed E-state index contributed by atoms with van der Waals surface area (Å²) in [5.74, 6) is -0.179. The molecule has 0 radical (unpaired) electrons. The van der Waals surface area contributed by atoms with Gasteiger partial charge in [0.1, 0.15) is 11.3 Å². The van der Waals surface area contributed by atoms with Crippen LogP contribution in [0.5, 0.6) is 0 Å². The number of benzene rings is 1. The second-order valence-electron chi connectivity index (χ2n) is 7.87. The standard InChI is InChI=1S/C22H25FN4/c1-15-14-24-22-21(25-15)20-18-4-2-3-11-26(18)12-10-19(20)27(22)13-9-16-5-7-17(23)8-6-16/h5-8,14,18H,2-4,9-13H2,1H3. The van der Waals surface area contributed by atoms with E-state index in [0.29, 0.717) is 6.04 Å². The Labute approximate surface area is 159 Å².